The molecule has 37 heavy (non-hydrogen) atoms. The van der Waals surface area contributed by atoms with Gasteiger partial charge < -0.3 is 30.9 Å². The molecule has 10 nitrogen and oxygen atoms in total. The summed E-state index contributed by atoms with van der Waals surface area (Å²) in [7, 11) is 0. The molecule has 0 bridgehead atoms. The zero-order valence-corrected chi connectivity index (χ0v) is 21.8. The lowest BCUT2D eigenvalue weighted by Crippen LogP contribution is -2.57. The third-order valence-corrected chi connectivity index (χ3v) is 7.96. The SMILES string of the molecule is CSCCC(NC(=O)C(N)Cc1c[nH]c2ccccc12)C(=O)N1CCCC1C(=O)N1CCCC1C(=O)O. The van der Waals surface area contributed by atoms with Gasteiger partial charge in [0, 0.05) is 30.2 Å². The number of nitrogens with one attached hydrogen (secondary N) is 2. The van der Waals surface area contributed by atoms with Crippen LogP contribution in [0, 0.1) is 0 Å². The average molecular weight is 530 g/mol. The first-order chi connectivity index (χ1) is 17.8. The number of hydrogen-bond donors (Lipinski definition) is 4. The molecule has 0 aliphatic carbocycles. The summed E-state index contributed by atoms with van der Waals surface area (Å²) in [6.07, 6.45) is 6.67. The Kier molecular flexibility index (Phi) is 8.75. The number of para-hydroxylation sites is 1. The minimum absolute atomic E-state index is 0.315. The lowest BCUT2D eigenvalue weighted by atomic mass is 10.0. The minimum atomic E-state index is -1.02. The highest BCUT2D eigenvalue weighted by Gasteiger charge is 2.43. The third kappa shape index (κ3) is 5.93. The van der Waals surface area contributed by atoms with Crippen molar-refractivity contribution in [1.29, 1.82) is 0 Å². The van der Waals surface area contributed by atoms with Gasteiger partial charge >= 0.3 is 5.97 Å². The van der Waals surface area contributed by atoms with Crippen molar-refractivity contribution in [2.24, 2.45) is 5.73 Å². The number of nitrogens with two attached hydrogens (primary N) is 1. The molecule has 1 aromatic heterocycles. The van der Waals surface area contributed by atoms with Crippen LogP contribution in [0.3, 0.4) is 0 Å². The van der Waals surface area contributed by atoms with E-state index in [-0.39, 0.29) is 11.8 Å². The summed E-state index contributed by atoms with van der Waals surface area (Å²) in [5.74, 6) is -1.42. The second-order valence-electron chi connectivity index (χ2n) is 9.73. The lowest BCUT2D eigenvalue weighted by molar-refractivity contribution is -0.152. The number of aromatic amines is 1. The predicted octanol–water partition coefficient (Wildman–Crippen LogP) is 1.34. The first-order valence-electron chi connectivity index (χ1n) is 12.8. The molecule has 5 N–H and O–H groups in total. The minimum Gasteiger partial charge on any atom is -0.480 e. The van der Waals surface area contributed by atoms with Gasteiger partial charge in [-0.05, 0) is 62.2 Å². The van der Waals surface area contributed by atoms with Gasteiger partial charge in [-0.25, -0.2) is 4.79 Å². The van der Waals surface area contributed by atoms with Crippen LogP contribution in [0.1, 0.15) is 37.7 Å². The molecule has 0 radical (unpaired) electrons. The number of likely N-dealkylation sites (tertiary alicyclic amines) is 2. The first-order valence-corrected chi connectivity index (χ1v) is 14.1. The van der Waals surface area contributed by atoms with Crippen molar-refractivity contribution in [2.75, 3.05) is 25.1 Å². The molecule has 2 aromatic rings. The number of rotatable bonds is 10. The zero-order valence-electron chi connectivity index (χ0n) is 21.0. The zero-order chi connectivity index (χ0) is 26.5. The van der Waals surface area contributed by atoms with Crippen molar-refractivity contribution in [2.45, 2.75) is 62.7 Å². The molecule has 3 heterocycles. The molecular formula is C26H35N5O5S. The molecule has 11 heteroatoms. The Morgan fingerprint density at radius 1 is 1.14 bits per heavy atom. The number of thioether (sulfide) groups is 1. The van der Waals surface area contributed by atoms with E-state index in [1.807, 2.05) is 36.7 Å². The summed E-state index contributed by atoms with van der Waals surface area (Å²) in [6.45, 7) is 0.775. The van der Waals surface area contributed by atoms with Crippen LogP contribution in [0.2, 0.25) is 0 Å². The average Bonchev–Trinajstić information content (AvgIpc) is 3.65. The summed E-state index contributed by atoms with van der Waals surface area (Å²) in [6, 6.07) is 4.57. The molecule has 0 saturated carbocycles. The van der Waals surface area contributed by atoms with Gasteiger partial charge in [0.2, 0.25) is 17.7 Å². The van der Waals surface area contributed by atoms with Crippen LogP contribution in [0.25, 0.3) is 10.9 Å². The van der Waals surface area contributed by atoms with Gasteiger partial charge in [0.15, 0.2) is 0 Å². The molecule has 3 amide bonds. The number of carboxylic acid groups (broad SMARTS) is 1. The van der Waals surface area contributed by atoms with E-state index in [1.165, 1.54) is 9.80 Å². The fourth-order valence-electron chi connectivity index (χ4n) is 5.37. The molecule has 4 unspecified atom stereocenters. The number of aliphatic carboxylic acids is 1. The van der Waals surface area contributed by atoms with Crippen molar-refractivity contribution < 1.29 is 24.3 Å². The van der Waals surface area contributed by atoms with Gasteiger partial charge in [-0.1, -0.05) is 18.2 Å². The molecule has 4 atom stereocenters. The Balaban J connectivity index is 1.44. The molecule has 2 aliphatic rings. The quantitative estimate of drug-likeness (QED) is 0.363. The number of amides is 3. The summed E-state index contributed by atoms with van der Waals surface area (Å²) in [5, 5.41) is 13.3. The summed E-state index contributed by atoms with van der Waals surface area (Å²) < 4.78 is 0. The van der Waals surface area contributed by atoms with Gasteiger partial charge in [-0.2, -0.15) is 11.8 Å². The number of benzene rings is 1. The monoisotopic (exact) mass is 529 g/mol. The maximum atomic E-state index is 13.6. The maximum Gasteiger partial charge on any atom is 0.326 e. The van der Waals surface area contributed by atoms with E-state index in [9.17, 15) is 24.3 Å². The standard InChI is InChI=1S/C26H35N5O5S/c1-37-13-10-20(29-23(32)18(27)14-16-15-28-19-7-3-2-6-17(16)19)24(33)30-11-4-8-21(30)25(34)31-12-5-9-22(31)26(35)36/h2-3,6-7,15,18,20-22,28H,4-5,8-14,27H2,1H3,(H,29,32)(H,35,36). The van der Waals surface area contributed by atoms with Crippen LogP contribution < -0.4 is 11.1 Å². The number of fused-ring (bicyclic) bond motifs is 1. The van der Waals surface area contributed by atoms with Crippen LogP contribution >= 0.6 is 11.8 Å². The van der Waals surface area contributed by atoms with E-state index in [4.69, 9.17) is 5.73 Å². The van der Waals surface area contributed by atoms with Crippen molar-refractivity contribution in [1.82, 2.24) is 20.1 Å². The van der Waals surface area contributed by atoms with E-state index >= 15 is 0 Å². The van der Waals surface area contributed by atoms with Crippen LogP contribution in [-0.4, -0.2) is 92.8 Å². The molecule has 0 spiro atoms. The number of carbonyl (C=O) groups is 4. The van der Waals surface area contributed by atoms with Crippen LogP contribution in [0.4, 0.5) is 0 Å². The Morgan fingerprint density at radius 2 is 1.84 bits per heavy atom. The smallest absolute Gasteiger partial charge is 0.326 e. The van der Waals surface area contributed by atoms with Crippen molar-refractivity contribution in [3.8, 4) is 0 Å². The Bertz CT molecular complexity index is 1150. The molecule has 4 rings (SSSR count). The molecule has 2 aliphatic heterocycles. The Labute approximate surface area is 220 Å². The highest BCUT2D eigenvalue weighted by Crippen LogP contribution is 2.26. The van der Waals surface area contributed by atoms with E-state index in [0.29, 0.717) is 57.4 Å². The van der Waals surface area contributed by atoms with E-state index in [2.05, 4.69) is 10.3 Å². The Hall–Kier alpha value is -3.05. The summed E-state index contributed by atoms with van der Waals surface area (Å²) in [4.78, 5) is 57.7. The highest BCUT2D eigenvalue weighted by molar-refractivity contribution is 7.98. The lowest BCUT2D eigenvalue weighted by Gasteiger charge is -2.32. The number of hydrogen-bond acceptors (Lipinski definition) is 6. The van der Waals surface area contributed by atoms with Gasteiger partial charge in [0.05, 0.1) is 6.04 Å². The number of aromatic nitrogens is 1. The topological polar surface area (TPSA) is 149 Å². The highest BCUT2D eigenvalue weighted by atomic mass is 32.2. The van der Waals surface area contributed by atoms with E-state index in [0.717, 1.165) is 16.5 Å². The van der Waals surface area contributed by atoms with Crippen molar-refractivity contribution >= 4 is 46.4 Å². The van der Waals surface area contributed by atoms with Crippen LogP contribution in [0.5, 0.6) is 0 Å². The van der Waals surface area contributed by atoms with E-state index < -0.39 is 36.0 Å². The Morgan fingerprint density at radius 3 is 2.57 bits per heavy atom. The fraction of sp³-hybridized carbons (Fsp3) is 0.538. The molecular weight excluding hydrogens is 494 g/mol. The number of carbonyl (C=O) groups excluding carboxylic acids is 3. The molecule has 1 aromatic carbocycles. The molecule has 2 saturated heterocycles. The second-order valence-corrected chi connectivity index (χ2v) is 10.7. The largest absolute Gasteiger partial charge is 0.480 e. The van der Waals surface area contributed by atoms with Crippen LogP contribution in [-0.2, 0) is 25.6 Å². The van der Waals surface area contributed by atoms with Gasteiger partial charge in [-0.15, -0.1) is 0 Å². The van der Waals surface area contributed by atoms with Gasteiger partial charge in [-0.3, -0.25) is 14.4 Å². The first kappa shape index (κ1) is 27.0. The van der Waals surface area contributed by atoms with Gasteiger partial charge in [0.25, 0.3) is 0 Å². The summed E-state index contributed by atoms with van der Waals surface area (Å²) in [5.41, 5.74) is 8.15. The number of H-pyrrole nitrogens is 1. The van der Waals surface area contributed by atoms with Crippen LogP contribution in [0.15, 0.2) is 30.5 Å². The predicted molar refractivity (Wildman–Crippen MR) is 142 cm³/mol. The van der Waals surface area contributed by atoms with Crippen molar-refractivity contribution in [3.05, 3.63) is 36.0 Å². The normalized spacial score (nSPS) is 21.2. The summed E-state index contributed by atoms with van der Waals surface area (Å²) >= 11 is 1.56. The number of carboxylic acids is 1. The molecule has 2 fully saturated rings. The van der Waals surface area contributed by atoms with E-state index in [1.54, 1.807) is 11.8 Å². The number of nitrogens with zero attached hydrogens (tertiary/aromatic N) is 2. The maximum absolute atomic E-state index is 13.6. The molecule has 200 valence electrons. The second kappa shape index (κ2) is 12.0. The third-order valence-electron chi connectivity index (χ3n) is 7.32. The van der Waals surface area contributed by atoms with Crippen molar-refractivity contribution in [3.63, 3.8) is 0 Å². The fourth-order valence-corrected chi connectivity index (χ4v) is 5.84. The van der Waals surface area contributed by atoms with Gasteiger partial charge in [0.1, 0.15) is 18.1 Å².